The van der Waals surface area contributed by atoms with Crippen LogP contribution in [0, 0.1) is 5.92 Å². The third-order valence-corrected chi connectivity index (χ3v) is 6.43. The van der Waals surface area contributed by atoms with Gasteiger partial charge in [0.05, 0.1) is 0 Å². The third-order valence-electron chi connectivity index (χ3n) is 6.43. The molecule has 0 bridgehead atoms. The summed E-state index contributed by atoms with van der Waals surface area (Å²) in [7, 11) is 0. The predicted molar refractivity (Wildman–Crippen MR) is 129 cm³/mol. The van der Waals surface area contributed by atoms with Crippen molar-refractivity contribution >= 4 is 5.97 Å². The number of carboxylic acid groups (broad SMARTS) is 1. The van der Waals surface area contributed by atoms with Gasteiger partial charge >= 0.3 is 5.97 Å². The van der Waals surface area contributed by atoms with Crippen LogP contribution in [0.15, 0.2) is 0 Å². The number of aliphatic carboxylic acids is 1. The fourth-order valence-corrected chi connectivity index (χ4v) is 4.45. The molecule has 2 heteroatoms. The van der Waals surface area contributed by atoms with Gasteiger partial charge in [-0.05, 0) is 12.3 Å². The molecule has 0 aliphatic carbocycles. The standard InChI is InChI=1S/C27H54O2/c1-3-5-7-9-11-15-19-23-26(22-18-14-10-8-6-4-2)24-20-16-12-13-17-21-25-27(28)29/h26H,3-25H2,1-2H3,(H,28,29). The summed E-state index contributed by atoms with van der Waals surface area (Å²) in [5.74, 6) is 0.316. The molecule has 0 saturated heterocycles. The number of carbonyl (C=O) groups is 1. The monoisotopic (exact) mass is 410 g/mol. The Morgan fingerprint density at radius 1 is 0.517 bits per heavy atom. The lowest BCUT2D eigenvalue weighted by Crippen LogP contribution is -2.02. The van der Waals surface area contributed by atoms with Crippen LogP contribution in [0.3, 0.4) is 0 Å². The number of unbranched alkanes of at least 4 members (excludes halogenated alkanes) is 16. The van der Waals surface area contributed by atoms with E-state index in [1.54, 1.807) is 0 Å². The normalized spacial score (nSPS) is 12.3. The minimum absolute atomic E-state index is 0.346. The highest BCUT2D eigenvalue weighted by molar-refractivity contribution is 5.66. The molecule has 0 heterocycles. The molecule has 0 aliphatic rings. The second-order valence-corrected chi connectivity index (χ2v) is 9.39. The van der Waals surface area contributed by atoms with Crippen molar-refractivity contribution in [2.24, 2.45) is 5.92 Å². The van der Waals surface area contributed by atoms with Crippen molar-refractivity contribution in [2.45, 2.75) is 162 Å². The molecular weight excluding hydrogens is 356 g/mol. The van der Waals surface area contributed by atoms with Gasteiger partial charge in [0.15, 0.2) is 0 Å². The number of hydrogen-bond donors (Lipinski definition) is 1. The molecule has 0 saturated carbocycles. The molecule has 1 unspecified atom stereocenters. The van der Waals surface area contributed by atoms with Crippen LogP contribution in [0.4, 0.5) is 0 Å². The van der Waals surface area contributed by atoms with Crippen molar-refractivity contribution < 1.29 is 9.90 Å². The fourth-order valence-electron chi connectivity index (χ4n) is 4.45. The van der Waals surface area contributed by atoms with E-state index in [0.717, 1.165) is 18.8 Å². The maximum absolute atomic E-state index is 10.5. The highest BCUT2D eigenvalue weighted by Crippen LogP contribution is 2.24. The Hall–Kier alpha value is -0.530. The first kappa shape index (κ1) is 28.5. The molecular formula is C27H54O2. The highest BCUT2D eigenvalue weighted by Gasteiger charge is 2.09. The molecule has 0 aliphatic heterocycles. The van der Waals surface area contributed by atoms with Crippen LogP contribution in [0.1, 0.15) is 162 Å². The van der Waals surface area contributed by atoms with Gasteiger partial charge in [-0.2, -0.15) is 0 Å². The molecule has 1 atom stereocenters. The molecule has 0 spiro atoms. The quantitative estimate of drug-likeness (QED) is 0.161. The first-order valence-electron chi connectivity index (χ1n) is 13.4. The number of rotatable bonds is 24. The Kier molecular flexibility index (Phi) is 23.3. The Morgan fingerprint density at radius 2 is 0.828 bits per heavy atom. The second kappa shape index (κ2) is 23.7. The zero-order chi connectivity index (χ0) is 21.4. The summed E-state index contributed by atoms with van der Waals surface area (Å²) in [6.45, 7) is 4.59. The summed E-state index contributed by atoms with van der Waals surface area (Å²) in [6, 6.07) is 0. The molecule has 0 amide bonds. The molecule has 29 heavy (non-hydrogen) atoms. The van der Waals surface area contributed by atoms with Gasteiger partial charge in [-0.1, -0.05) is 149 Å². The summed E-state index contributed by atoms with van der Waals surface area (Å²) in [4.78, 5) is 10.5. The van der Waals surface area contributed by atoms with Gasteiger partial charge in [-0.25, -0.2) is 0 Å². The molecule has 0 fully saturated rings. The third kappa shape index (κ3) is 23.6. The van der Waals surface area contributed by atoms with Crippen LogP contribution in [-0.2, 0) is 4.79 Å². The van der Waals surface area contributed by atoms with Gasteiger partial charge in [0.25, 0.3) is 0 Å². The van der Waals surface area contributed by atoms with Crippen LogP contribution in [0.25, 0.3) is 0 Å². The first-order valence-corrected chi connectivity index (χ1v) is 13.4. The lowest BCUT2D eigenvalue weighted by molar-refractivity contribution is -0.137. The van der Waals surface area contributed by atoms with Crippen molar-refractivity contribution in [3.8, 4) is 0 Å². The van der Waals surface area contributed by atoms with Crippen molar-refractivity contribution in [1.82, 2.24) is 0 Å². The predicted octanol–water partition coefficient (Wildman–Crippen LogP) is 9.70. The molecule has 174 valence electrons. The van der Waals surface area contributed by atoms with Gasteiger partial charge in [0, 0.05) is 6.42 Å². The SMILES string of the molecule is CCCCCCCCCC(CCCCCCCC)CCCCCCCCC(=O)O. The van der Waals surface area contributed by atoms with E-state index in [-0.39, 0.29) is 0 Å². The zero-order valence-corrected chi connectivity index (χ0v) is 20.2. The Balaban J connectivity index is 3.82. The van der Waals surface area contributed by atoms with Gasteiger partial charge in [-0.3, -0.25) is 4.79 Å². The average Bonchev–Trinajstić information content (AvgIpc) is 2.70. The first-order chi connectivity index (χ1) is 14.2. The van der Waals surface area contributed by atoms with E-state index in [1.807, 2.05) is 0 Å². The van der Waals surface area contributed by atoms with E-state index in [1.165, 1.54) is 128 Å². The topological polar surface area (TPSA) is 37.3 Å². The van der Waals surface area contributed by atoms with Gasteiger partial charge < -0.3 is 5.11 Å². The maximum Gasteiger partial charge on any atom is 0.303 e. The van der Waals surface area contributed by atoms with Gasteiger partial charge in [-0.15, -0.1) is 0 Å². The molecule has 0 aromatic rings. The smallest absolute Gasteiger partial charge is 0.303 e. The average molecular weight is 411 g/mol. The van der Waals surface area contributed by atoms with Crippen LogP contribution in [0.5, 0.6) is 0 Å². The maximum atomic E-state index is 10.5. The van der Waals surface area contributed by atoms with Crippen LogP contribution < -0.4 is 0 Å². The molecule has 1 N–H and O–H groups in total. The summed E-state index contributed by atoms with van der Waals surface area (Å²) < 4.78 is 0. The number of hydrogen-bond acceptors (Lipinski definition) is 1. The van der Waals surface area contributed by atoms with Crippen molar-refractivity contribution in [3.05, 3.63) is 0 Å². The van der Waals surface area contributed by atoms with Gasteiger partial charge in [0.1, 0.15) is 0 Å². The van der Waals surface area contributed by atoms with E-state index in [9.17, 15) is 4.79 Å². The Bertz CT molecular complexity index is 326. The molecule has 2 nitrogen and oxygen atoms in total. The molecule has 0 aromatic heterocycles. The van der Waals surface area contributed by atoms with Crippen LogP contribution >= 0.6 is 0 Å². The van der Waals surface area contributed by atoms with Gasteiger partial charge in [0.2, 0.25) is 0 Å². The van der Waals surface area contributed by atoms with E-state index in [4.69, 9.17) is 5.11 Å². The summed E-state index contributed by atoms with van der Waals surface area (Å²) >= 11 is 0. The van der Waals surface area contributed by atoms with Crippen molar-refractivity contribution in [3.63, 3.8) is 0 Å². The summed E-state index contributed by atoms with van der Waals surface area (Å²) in [6.07, 6.45) is 30.4. The van der Waals surface area contributed by atoms with E-state index >= 15 is 0 Å². The lowest BCUT2D eigenvalue weighted by atomic mass is 9.89. The fraction of sp³-hybridized carbons (Fsp3) is 0.963. The summed E-state index contributed by atoms with van der Waals surface area (Å²) in [5, 5.41) is 8.69. The summed E-state index contributed by atoms with van der Waals surface area (Å²) in [5.41, 5.74) is 0. The molecule has 0 aromatic carbocycles. The molecule has 0 radical (unpaired) electrons. The van der Waals surface area contributed by atoms with Crippen molar-refractivity contribution in [2.75, 3.05) is 0 Å². The molecule has 0 rings (SSSR count). The van der Waals surface area contributed by atoms with Crippen LogP contribution in [0.2, 0.25) is 0 Å². The Morgan fingerprint density at radius 3 is 1.17 bits per heavy atom. The largest absolute Gasteiger partial charge is 0.481 e. The van der Waals surface area contributed by atoms with E-state index < -0.39 is 5.97 Å². The Labute approximate surface area is 183 Å². The van der Waals surface area contributed by atoms with E-state index in [2.05, 4.69) is 13.8 Å². The second-order valence-electron chi connectivity index (χ2n) is 9.39. The lowest BCUT2D eigenvalue weighted by Gasteiger charge is -2.17. The minimum atomic E-state index is -0.645. The van der Waals surface area contributed by atoms with Crippen LogP contribution in [-0.4, -0.2) is 11.1 Å². The number of carboxylic acids is 1. The minimum Gasteiger partial charge on any atom is -0.481 e. The zero-order valence-electron chi connectivity index (χ0n) is 20.2. The van der Waals surface area contributed by atoms with E-state index in [0.29, 0.717) is 6.42 Å². The highest BCUT2D eigenvalue weighted by atomic mass is 16.4. The van der Waals surface area contributed by atoms with Crippen molar-refractivity contribution in [1.29, 1.82) is 0 Å².